The van der Waals surface area contributed by atoms with Crippen LogP contribution < -0.4 is 0 Å². The van der Waals surface area contributed by atoms with E-state index in [1.165, 1.54) is 25.6 Å². The van der Waals surface area contributed by atoms with Crippen molar-refractivity contribution in [2.45, 2.75) is 56.8 Å². The number of ether oxygens (including phenoxy) is 3. The number of esters is 2. The van der Waals surface area contributed by atoms with Crippen LogP contribution in [0.2, 0.25) is 0 Å². The first-order valence-electron chi connectivity index (χ1n) is 6.12. The predicted molar refractivity (Wildman–Crippen MR) is 73.2 cm³/mol. The van der Waals surface area contributed by atoms with Gasteiger partial charge in [0.25, 0.3) is 0 Å². The summed E-state index contributed by atoms with van der Waals surface area (Å²) in [5.41, 5.74) is -0.294. The third-order valence-corrected chi connectivity index (χ3v) is 4.34. The fourth-order valence-corrected chi connectivity index (χ4v) is 3.33. The van der Waals surface area contributed by atoms with E-state index in [1.807, 2.05) is 6.92 Å². The molecule has 1 saturated heterocycles. The standard InChI is InChI=1S/C12H19ClO5S/c1-5-19-12-9(13)11(18-8(4)15)10(6(2)16-12)17-7(3)14/h6,9-12H,5H2,1-4H3/t6-,9+,10-,11-,12-/m0/s1. The predicted octanol–water partition coefficient (Wildman–Crippen LogP) is 1.96. The molecular formula is C12H19ClO5S. The van der Waals surface area contributed by atoms with E-state index in [0.29, 0.717) is 0 Å². The lowest BCUT2D eigenvalue weighted by Gasteiger charge is -2.41. The highest BCUT2D eigenvalue weighted by Crippen LogP contribution is 2.34. The second kappa shape index (κ2) is 7.36. The summed E-state index contributed by atoms with van der Waals surface area (Å²) in [6.07, 6.45) is -1.76. The molecule has 1 aliphatic rings. The Bertz CT molecular complexity index is 338. The zero-order valence-corrected chi connectivity index (χ0v) is 13.0. The van der Waals surface area contributed by atoms with Gasteiger partial charge in [-0.25, -0.2) is 0 Å². The topological polar surface area (TPSA) is 61.8 Å². The second-order valence-corrected chi connectivity index (χ2v) is 6.14. The number of carbonyl (C=O) groups is 2. The molecule has 0 aromatic rings. The number of halogens is 1. The van der Waals surface area contributed by atoms with Crippen LogP contribution >= 0.6 is 23.4 Å². The number of hydrogen-bond acceptors (Lipinski definition) is 6. The molecule has 19 heavy (non-hydrogen) atoms. The van der Waals surface area contributed by atoms with Crippen molar-refractivity contribution in [3.8, 4) is 0 Å². The van der Waals surface area contributed by atoms with Gasteiger partial charge in [0.15, 0.2) is 12.2 Å². The van der Waals surface area contributed by atoms with Crippen molar-refractivity contribution in [3.63, 3.8) is 0 Å². The summed E-state index contributed by atoms with van der Waals surface area (Å²) in [6, 6.07) is 0. The van der Waals surface area contributed by atoms with Crippen LogP contribution in [0.15, 0.2) is 0 Å². The van der Waals surface area contributed by atoms with Gasteiger partial charge in [0.1, 0.15) is 10.8 Å². The molecule has 0 unspecified atom stereocenters. The van der Waals surface area contributed by atoms with Gasteiger partial charge in [-0.2, -0.15) is 0 Å². The van der Waals surface area contributed by atoms with Gasteiger partial charge in [-0.05, 0) is 12.7 Å². The van der Waals surface area contributed by atoms with Crippen molar-refractivity contribution in [3.05, 3.63) is 0 Å². The molecule has 5 nitrogen and oxygen atoms in total. The molecule has 0 amide bonds. The lowest BCUT2D eigenvalue weighted by Crippen LogP contribution is -2.56. The Hall–Kier alpha value is -0.460. The average molecular weight is 311 g/mol. The first kappa shape index (κ1) is 16.6. The fraction of sp³-hybridized carbons (Fsp3) is 0.833. The van der Waals surface area contributed by atoms with E-state index in [2.05, 4.69) is 0 Å². The molecule has 1 aliphatic heterocycles. The minimum atomic E-state index is -0.698. The molecule has 110 valence electrons. The van der Waals surface area contributed by atoms with Crippen molar-refractivity contribution >= 4 is 35.3 Å². The highest BCUT2D eigenvalue weighted by Gasteiger charge is 2.47. The Kier molecular flexibility index (Phi) is 6.42. The molecule has 0 N–H and O–H groups in total. The zero-order chi connectivity index (χ0) is 14.6. The summed E-state index contributed by atoms with van der Waals surface area (Å²) in [6.45, 7) is 6.36. The van der Waals surface area contributed by atoms with Gasteiger partial charge in [0.05, 0.1) is 6.10 Å². The molecule has 1 fully saturated rings. The molecule has 0 saturated carbocycles. The van der Waals surface area contributed by atoms with Gasteiger partial charge in [0, 0.05) is 13.8 Å². The molecule has 0 spiro atoms. The second-order valence-electron chi connectivity index (χ2n) is 4.26. The fourth-order valence-electron chi connectivity index (χ4n) is 1.94. The molecule has 5 atom stereocenters. The number of hydrogen-bond donors (Lipinski definition) is 0. The molecule has 0 aromatic carbocycles. The maximum atomic E-state index is 11.2. The van der Waals surface area contributed by atoms with Crippen molar-refractivity contribution in [2.75, 3.05) is 5.75 Å². The van der Waals surface area contributed by atoms with Crippen LogP contribution in [0.4, 0.5) is 0 Å². The van der Waals surface area contributed by atoms with Crippen LogP contribution in [-0.4, -0.2) is 46.8 Å². The minimum Gasteiger partial charge on any atom is -0.457 e. The van der Waals surface area contributed by atoms with E-state index in [9.17, 15) is 9.59 Å². The SMILES string of the molecule is CCS[C@@H]1O[C@@H](C)[C@H](OC(C)=O)[C@@H](OC(C)=O)[C@H]1Cl. The molecule has 0 aromatic heterocycles. The normalized spacial score (nSPS) is 34.7. The van der Waals surface area contributed by atoms with E-state index >= 15 is 0 Å². The molecule has 1 heterocycles. The number of rotatable bonds is 4. The summed E-state index contributed by atoms with van der Waals surface area (Å²) in [4.78, 5) is 22.3. The molecule has 0 radical (unpaired) electrons. The number of alkyl halides is 1. The van der Waals surface area contributed by atoms with Gasteiger partial charge in [-0.15, -0.1) is 23.4 Å². The first-order valence-corrected chi connectivity index (χ1v) is 7.60. The third-order valence-electron chi connectivity index (χ3n) is 2.64. The highest BCUT2D eigenvalue weighted by molar-refractivity contribution is 7.99. The lowest BCUT2D eigenvalue weighted by atomic mass is 10.0. The Balaban J connectivity index is 2.88. The van der Waals surface area contributed by atoms with Gasteiger partial charge >= 0.3 is 11.9 Å². The van der Waals surface area contributed by atoms with Crippen LogP contribution in [0.3, 0.4) is 0 Å². The van der Waals surface area contributed by atoms with Crippen LogP contribution in [0.5, 0.6) is 0 Å². The van der Waals surface area contributed by atoms with Gasteiger partial charge in [-0.3, -0.25) is 9.59 Å². The number of carbonyl (C=O) groups excluding carboxylic acids is 2. The zero-order valence-electron chi connectivity index (χ0n) is 11.4. The van der Waals surface area contributed by atoms with Crippen LogP contribution in [0, 0.1) is 0 Å². The van der Waals surface area contributed by atoms with Gasteiger partial charge in [0.2, 0.25) is 0 Å². The Morgan fingerprint density at radius 1 is 1.21 bits per heavy atom. The molecule has 0 bridgehead atoms. The lowest BCUT2D eigenvalue weighted by molar-refractivity contribution is -0.193. The van der Waals surface area contributed by atoms with E-state index in [4.69, 9.17) is 25.8 Å². The van der Waals surface area contributed by atoms with Crippen LogP contribution in [-0.2, 0) is 23.8 Å². The third kappa shape index (κ3) is 4.54. The number of thioether (sulfide) groups is 1. The highest BCUT2D eigenvalue weighted by atomic mass is 35.5. The summed E-state index contributed by atoms with van der Waals surface area (Å²) in [5.74, 6) is -0.0868. The minimum absolute atomic E-state index is 0.294. The summed E-state index contributed by atoms with van der Waals surface area (Å²) in [5, 5.41) is -0.561. The average Bonchev–Trinajstić information content (AvgIpc) is 2.29. The molecule has 1 rings (SSSR count). The van der Waals surface area contributed by atoms with Crippen molar-refractivity contribution in [1.82, 2.24) is 0 Å². The largest absolute Gasteiger partial charge is 0.457 e. The Morgan fingerprint density at radius 2 is 1.74 bits per heavy atom. The van der Waals surface area contributed by atoms with E-state index < -0.39 is 29.5 Å². The molecule has 7 heteroatoms. The summed E-state index contributed by atoms with van der Waals surface area (Å²) >= 11 is 7.83. The Labute approximate surface area is 122 Å². The van der Waals surface area contributed by atoms with Gasteiger partial charge in [-0.1, -0.05) is 6.92 Å². The Morgan fingerprint density at radius 3 is 2.21 bits per heavy atom. The maximum Gasteiger partial charge on any atom is 0.303 e. The van der Waals surface area contributed by atoms with E-state index in [-0.39, 0.29) is 11.5 Å². The monoisotopic (exact) mass is 310 g/mol. The molecular weight excluding hydrogens is 292 g/mol. The van der Waals surface area contributed by atoms with E-state index in [0.717, 1.165) is 5.75 Å². The van der Waals surface area contributed by atoms with Crippen molar-refractivity contribution in [2.24, 2.45) is 0 Å². The molecule has 0 aliphatic carbocycles. The van der Waals surface area contributed by atoms with Crippen molar-refractivity contribution < 1.29 is 23.8 Å². The van der Waals surface area contributed by atoms with Crippen LogP contribution in [0.25, 0.3) is 0 Å². The maximum absolute atomic E-state index is 11.2. The first-order chi connectivity index (χ1) is 8.86. The smallest absolute Gasteiger partial charge is 0.303 e. The van der Waals surface area contributed by atoms with Crippen LogP contribution in [0.1, 0.15) is 27.7 Å². The quantitative estimate of drug-likeness (QED) is 0.584. The van der Waals surface area contributed by atoms with Crippen molar-refractivity contribution in [1.29, 1.82) is 0 Å². The van der Waals surface area contributed by atoms with Gasteiger partial charge < -0.3 is 14.2 Å². The summed E-state index contributed by atoms with van der Waals surface area (Å²) in [7, 11) is 0. The van der Waals surface area contributed by atoms with E-state index in [1.54, 1.807) is 6.92 Å². The summed E-state index contributed by atoms with van der Waals surface area (Å²) < 4.78 is 16.1.